The normalized spacial score (nSPS) is 11.2. The monoisotopic (exact) mass is 527 g/mol. The topological polar surface area (TPSA) is 90.8 Å². The van der Waals surface area contributed by atoms with Gasteiger partial charge in [0.05, 0.1) is 21.3 Å². The first-order valence-corrected chi connectivity index (χ1v) is 12.7. The Morgan fingerprint density at radius 1 is 0.897 bits per heavy atom. The number of rotatable bonds is 11. The van der Waals surface area contributed by atoms with Gasteiger partial charge in [0.2, 0.25) is 0 Å². The summed E-state index contributed by atoms with van der Waals surface area (Å²) in [6, 6.07) is 20.3. The highest BCUT2D eigenvalue weighted by Gasteiger charge is 2.17. The summed E-state index contributed by atoms with van der Waals surface area (Å²) in [5.74, 6) is 1.13. The van der Waals surface area contributed by atoms with Crippen LogP contribution in [-0.4, -0.2) is 44.3 Å². The van der Waals surface area contributed by atoms with Gasteiger partial charge in [0, 0.05) is 41.3 Å². The summed E-state index contributed by atoms with van der Waals surface area (Å²) in [5, 5.41) is 6.75. The Kier molecular flexibility index (Phi) is 8.89. The molecule has 202 valence electrons. The van der Waals surface area contributed by atoms with Crippen molar-refractivity contribution in [3.05, 3.63) is 95.3 Å². The van der Waals surface area contributed by atoms with Gasteiger partial charge in [0.25, 0.3) is 11.8 Å². The number of ether oxygens (including phenoxy) is 3. The van der Waals surface area contributed by atoms with Gasteiger partial charge in [-0.05, 0) is 67.4 Å². The van der Waals surface area contributed by atoms with Crippen LogP contribution in [0.15, 0.2) is 78.6 Å². The molecule has 8 heteroatoms. The van der Waals surface area contributed by atoms with Gasteiger partial charge in [0.15, 0.2) is 11.5 Å². The summed E-state index contributed by atoms with van der Waals surface area (Å²) in [5.41, 5.74) is 3.44. The maximum absolute atomic E-state index is 13.4. The van der Waals surface area contributed by atoms with Crippen LogP contribution in [-0.2, 0) is 17.8 Å². The van der Waals surface area contributed by atoms with E-state index >= 15 is 0 Å². The fraction of sp³-hybridized carbons (Fsp3) is 0.226. The van der Waals surface area contributed by atoms with E-state index in [1.807, 2.05) is 48.7 Å². The molecule has 0 aliphatic rings. The molecule has 0 radical (unpaired) electrons. The Morgan fingerprint density at radius 2 is 1.64 bits per heavy atom. The summed E-state index contributed by atoms with van der Waals surface area (Å²) in [6.07, 6.45) is 4.28. The van der Waals surface area contributed by atoms with Crippen LogP contribution in [0.25, 0.3) is 17.0 Å². The first-order valence-electron chi connectivity index (χ1n) is 12.7. The third-order valence-electron chi connectivity index (χ3n) is 6.45. The molecule has 8 nitrogen and oxygen atoms in total. The van der Waals surface area contributed by atoms with Crippen molar-refractivity contribution in [2.45, 2.75) is 19.9 Å². The van der Waals surface area contributed by atoms with Crippen molar-refractivity contribution < 1.29 is 23.8 Å². The molecule has 2 N–H and O–H groups in total. The molecule has 1 heterocycles. The number of aryl methyl sites for hydroxylation is 1. The standard InChI is InChI=1S/C31H33N3O5/c1-5-34-20-23(25-8-6-7-9-27(25)34)19-26(33-30(35)22-11-13-24(37-2)14-12-22)31(36)32-17-16-21-10-15-28(38-3)29(18-21)39-4/h6-15,18-20H,5,16-17H2,1-4H3,(H,32,36)(H,33,35). The minimum atomic E-state index is -0.391. The van der Waals surface area contributed by atoms with E-state index in [0.717, 1.165) is 28.6 Å². The highest BCUT2D eigenvalue weighted by Crippen LogP contribution is 2.27. The molecular weight excluding hydrogens is 494 g/mol. The molecule has 0 aliphatic carbocycles. The van der Waals surface area contributed by atoms with Crippen molar-refractivity contribution in [3.63, 3.8) is 0 Å². The van der Waals surface area contributed by atoms with Gasteiger partial charge in [-0.2, -0.15) is 0 Å². The van der Waals surface area contributed by atoms with E-state index in [2.05, 4.69) is 22.1 Å². The number of hydrogen-bond acceptors (Lipinski definition) is 5. The number of methoxy groups -OCH3 is 3. The van der Waals surface area contributed by atoms with Gasteiger partial charge < -0.3 is 29.4 Å². The number of benzene rings is 3. The molecule has 1 aromatic heterocycles. The molecule has 0 atom stereocenters. The van der Waals surface area contributed by atoms with E-state index in [-0.39, 0.29) is 11.6 Å². The lowest BCUT2D eigenvalue weighted by Crippen LogP contribution is -2.35. The third kappa shape index (κ3) is 6.41. The molecule has 4 aromatic rings. The van der Waals surface area contributed by atoms with E-state index in [0.29, 0.717) is 35.8 Å². The zero-order valence-electron chi connectivity index (χ0n) is 22.6. The Bertz CT molecular complexity index is 1490. The van der Waals surface area contributed by atoms with Gasteiger partial charge in [-0.1, -0.05) is 24.3 Å². The number of nitrogens with one attached hydrogen (secondary N) is 2. The number of aromatic nitrogens is 1. The number of carbonyl (C=O) groups excluding carboxylic acids is 2. The van der Waals surface area contributed by atoms with E-state index in [4.69, 9.17) is 14.2 Å². The van der Waals surface area contributed by atoms with Crippen molar-refractivity contribution in [2.75, 3.05) is 27.9 Å². The number of para-hydroxylation sites is 1. The van der Waals surface area contributed by atoms with Gasteiger partial charge in [-0.25, -0.2) is 0 Å². The summed E-state index contributed by atoms with van der Waals surface area (Å²) in [7, 11) is 4.74. The zero-order valence-corrected chi connectivity index (χ0v) is 22.6. The second-order valence-corrected chi connectivity index (χ2v) is 8.82. The first-order chi connectivity index (χ1) is 19.0. The van der Waals surface area contributed by atoms with Crippen LogP contribution in [0, 0.1) is 0 Å². The average molecular weight is 528 g/mol. The molecule has 0 spiro atoms. The lowest BCUT2D eigenvalue weighted by molar-refractivity contribution is -0.117. The van der Waals surface area contributed by atoms with Crippen LogP contribution in [0.3, 0.4) is 0 Å². The smallest absolute Gasteiger partial charge is 0.267 e. The molecule has 0 saturated heterocycles. The summed E-state index contributed by atoms with van der Waals surface area (Å²) < 4.78 is 18.0. The molecule has 0 saturated carbocycles. The van der Waals surface area contributed by atoms with Crippen LogP contribution < -0.4 is 24.8 Å². The maximum atomic E-state index is 13.4. The summed E-state index contributed by atoms with van der Waals surface area (Å²) in [4.78, 5) is 26.5. The fourth-order valence-electron chi connectivity index (χ4n) is 4.35. The van der Waals surface area contributed by atoms with E-state index in [1.165, 1.54) is 0 Å². The fourth-order valence-corrected chi connectivity index (χ4v) is 4.35. The van der Waals surface area contributed by atoms with Crippen molar-refractivity contribution in [1.82, 2.24) is 15.2 Å². The van der Waals surface area contributed by atoms with Gasteiger partial charge >= 0.3 is 0 Å². The predicted molar refractivity (Wildman–Crippen MR) is 152 cm³/mol. The number of hydrogen-bond donors (Lipinski definition) is 2. The summed E-state index contributed by atoms with van der Waals surface area (Å²) in [6.45, 7) is 3.20. The zero-order chi connectivity index (χ0) is 27.8. The third-order valence-corrected chi connectivity index (χ3v) is 6.45. The van der Waals surface area contributed by atoms with Crippen LogP contribution in [0.4, 0.5) is 0 Å². The van der Waals surface area contributed by atoms with Gasteiger partial charge in [-0.15, -0.1) is 0 Å². The average Bonchev–Trinajstić information content (AvgIpc) is 3.34. The van der Waals surface area contributed by atoms with Crippen molar-refractivity contribution in [3.8, 4) is 17.2 Å². The second kappa shape index (κ2) is 12.7. The molecule has 0 bridgehead atoms. The molecule has 3 aromatic carbocycles. The number of amides is 2. The Balaban J connectivity index is 1.58. The van der Waals surface area contributed by atoms with Crippen LogP contribution >= 0.6 is 0 Å². The molecule has 4 rings (SSSR count). The van der Waals surface area contributed by atoms with Crippen molar-refractivity contribution in [1.29, 1.82) is 0 Å². The van der Waals surface area contributed by atoms with Gasteiger partial charge in [0.1, 0.15) is 11.4 Å². The lowest BCUT2D eigenvalue weighted by Gasteiger charge is -2.12. The minimum absolute atomic E-state index is 0.155. The van der Waals surface area contributed by atoms with Crippen LogP contribution in [0.1, 0.15) is 28.4 Å². The Hall–Kier alpha value is -4.72. The van der Waals surface area contributed by atoms with Crippen LogP contribution in [0.5, 0.6) is 17.2 Å². The minimum Gasteiger partial charge on any atom is -0.497 e. The molecule has 0 fully saturated rings. The molecule has 0 aliphatic heterocycles. The van der Waals surface area contributed by atoms with E-state index < -0.39 is 5.91 Å². The van der Waals surface area contributed by atoms with E-state index in [1.54, 1.807) is 51.7 Å². The first kappa shape index (κ1) is 27.3. The SMILES string of the molecule is CCn1cc(C=C(NC(=O)c2ccc(OC)cc2)C(=O)NCCc2ccc(OC)c(OC)c2)c2ccccc21. The second-order valence-electron chi connectivity index (χ2n) is 8.82. The summed E-state index contributed by atoms with van der Waals surface area (Å²) >= 11 is 0. The predicted octanol–water partition coefficient (Wildman–Crippen LogP) is 4.82. The quantitative estimate of drug-likeness (QED) is 0.273. The van der Waals surface area contributed by atoms with Crippen molar-refractivity contribution >= 4 is 28.8 Å². The number of carbonyl (C=O) groups is 2. The van der Waals surface area contributed by atoms with E-state index in [9.17, 15) is 9.59 Å². The molecule has 39 heavy (non-hydrogen) atoms. The lowest BCUT2D eigenvalue weighted by atomic mass is 10.1. The molecule has 2 amide bonds. The van der Waals surface area contributed by atoms with Crippen molar-refractivity contribution in [2.24, 2.45) is 0 Å². The Labute approximate surface area is 228 Å². The van der Waals surface area contributed by atoms with Gasteiger partial charge in [-0.3, -0.25) is 9.59 Å². The largest absolute Gasteiger partial charge is 0.497 e. The molecular formula is C31H33N3O5. The Morgan fingerprint density at radius 3 is 2.33 bits per heavy atom. The van der Waals surface area contributed by atoms with Crippen LogP contribution in [0.2, 0.25) is 0 Å². The highest BCUT2D eigenvalue weighted by molar-refractivity contribution is 6.06. The maximum Gasteiger partial charge on any atom is 0.267 e. The molecule has 0 unspecified atom stereocenters. The number of nitrogens with zero attached hydrogens (tertiary/aromatic N) is 1. The number of fused-ring (bicyclic) bond motifs is 1. The highest BCUT2D eigenvalue weighted by atomic mass is 16.5.